The number of allylic oxidation sites excluding steroid dienone is 14. The molecular weight excluding hydrogens is 1020 g/mol. The second-order valence-corrected chi connectivity index (χ2v) is 22.0. The topological polar surface area (TPSA) is 175 Å². The Bertz CT molecular complexity index is 1730. The number of carbonyl (C=O) groups excluding carboxylic acids is 3. The number of ether oxygens (including phenoxy) is 5. The van der Waals surface area contributed by atoms with E-state index in [1.807, 2.05) is 0 Å². The number of aliphatic hydroxyl groups is 2. The first-order valence-electron chi connectivity index (χ1n) is 32.6. The summed E-state index contributed by atoms with van der Waals surface area (Å²) in [5.41, 5.74) is 0. The Morgan fingerprint density at radius 2 is 0.778 bits per heavy atom. The minimum Gasteiger partial charge on any atom is -0.479 e. The summed E-state index contributed by atoms with van der Waals surface area (Å²) in [6.07, 6.45) is 61.0. The Hall–Kier alpha value is -4.10. The van der Waals surface area contributed by atoms with E-state index in [1.165, 1.54) is 77.0 Å². The van der Waals surface area contributed by atoms with Crippen molar-refractivity contribution in [2.24, 2.45) is 0 Å². The number of aliphatic hydroxyl groups excluding tert-OH is 2. The minimum absolute atomic E-state index is 0.0508. The van der Waals surface area contributed by atoms with E-state index in [9.17, 15) is 34.5 Å². The number of esters is 3. The molecular formula is C69H116O12. The van der Waals surface area contributed by atoms with Gasteiger partial charge in [-0.3, -0.25) is 14.4 Å². The molecule has 12 nitrogen and oxygen atoms in total. The van der Waals surface area contributed by atoms with Gasteiger partial charge >= 0.3 is 23.9 Å². The van der Waals surface area contributed by atoms with Gasteiger partial charge in [0.15, 0.2) is 24.6 Å². The highest BCUT2D eigenvalue weighted by molar-refractivity contribution is 5.74. The number of hydrogen-bond acceptors (Lipinski definition) is 11. The Kier molecular flexibility index (Phi) is 52.1. The van der Waals surface area contributed by atoms with Gasteiger partial charge in [0.05, 0.1) is 6.61 Å². The predicted molar refractivity (Wildman–Crippen MR) is 331 cm³/mol. The predicted octanol–water partition coefficient (Wildman–Crippen LogP) is 17.5. The van der Waals surface area contributed by atoms with Gasteiger partial charge in [-0.2, -0.15) is 0 Å². The first-order valence-corrected chi connectivity index (χ1v) is 32.6. The fraction of sp³-hybridized carbons (Fsp3) is 0.739. The quantitative estimate of drug-likeness (QED) is 0.0228. The van der Waals surface area contributed by atoms with Crippen molar-refractivity contribution in [3.05, 3.63) is 85.1 Å². The first kappa shape index (κ1) is 74.9. The number of aliphatic carboxylic acids is 1. The minimum atomic E-state index is -1.91. The maximum absolute atomic E-state index is 13.2. The highest BCUT2D eigenvalue weighted by Gasteiger charge is 2.50. The summed E-state index contributed by atoms with van der Waals surface area (Å²) in [7, 11) is 0. The smallest absolute Gasteiger partial charge is 0.335 e. The average molecular weight is 1140 g/mol. The zero-order valence-electron chi connectivity index (χ0n) is 51.3. The van der Waals surface area contributed by atoms with Crippen LogP contribution in [0.1, 0.15) is 278 Å². The molecule has 12 heteroatoms. The van der Waals surface area contributed by atoms with Gasteiger partial charge in [-0.15, -0.1) is 0 Å². The molecule has 0 aromatic rings. The average Bonchev–Trinajstić information content (AvgIpc) is 3.53. The van der Waals surface area contributed by atoms with Gasteiger partial charge in [-0.05, 0) is 116 Å². The van der Waals surface area contributed by atoms with E-state index in [0.717, 1.165) is 141 Å². The van der Waals surface area contributed by atoms with Gasteiger partial charge in [0, 0.05) is 19.3 Å². The molecule has 0 amide bonds. The largest absolute Gasteiger partial charge is 0.479 e. The zero-order chi connectivity index (χ0) is 58.9. The standard InChI is InChI=1S/C69H116O12/c1-4-7-10-13-16-19-22-25-28-30-31-33-36-39-42-45-48-51-54-57-63(72)80-67-65(74)64(73)66(68(75)76)81-69(67)78-59-60(79-62(71)56-53-50-47-44-41-38-34-27-24-21-18-15-12-9-6-3)58-77-61(70)55-52-49-46-43-40-37-35-32-29-26-23-20-17-14-11-8-5-2/h8,11,16-21,25-29,34,60,64-67,69,73-74H,4-7,9-10,12-15,22-24,30-33,35-59H2,1-3H3,(H,75,76)/b11-8-,19-16-,20-17-,21-18-,28-25-,29-26-,34-27-. The van der Waals surface area contributed by atoms with Crippen molar-refractivity contribution in [1.82, 2.24) is 0 Å². The summed E-state index contributed by atoms with van der Waals surface area (Å²) in [6.45, 7) is 5.84. The summed E-state index contributed by atoms with van der Waals surface area (Å²) in [6, 6.07) is 0. The number of rotatable bonds is 55. The molecule has 1 saturated heterocycles. The van der Waals surface area contributed by atoms with Gasteiger partial charge < -0.3 is 39.0 Å². The summed E-state index contributed by atoms with van der Waals surface area (Å²) in [5, 5.41) is 31.6. The van der Waals surface area contributed by atoms with Crippen LogP contribution in [0.3, 0.4) is 0 Å². The summed E-state index contributed by atoms with van der Waals surface area (Å²) in [4.78, 5) is 51.3. The number of hydrogen-bond donors (Lipinski definition) is 3. The van der Waals surface area contributed by atoms with Gasteiger partial charge in [0.2, 0.25) is 0 Å². The van der Waals surface area contributed by atoms with Crippen LogP contribution in [0.5, 0.6) is 0 Å². The third-order valence-corrected chi connectivity index (χ3v) is 14.4. The number of carboxylic acids is 1. The van der Waals surface area contributed by atoms with Gasteiger partial charge in [-0.1, -0.05) is 228 Å². The van der Waals surface area contributed by atoms with Crippen LogP contribution >= 0.6 is 0 Å². The molecule has 0 radical (unpaired) electrons. The van der Waals surface area contributed by atoms with Crippen molar-refractivity contribution in [3.63, 3.8) is 0 Å². The fourth-order valence-electron chi connectivity index (χ4n) is 9.44. The number of carbonyl (C=O) groups is 4. The molecule has 6 unspecified atom stereocenters. The molecule has 0 saturated carbocycles. The van der Waals surface area contributed by atoms with E-state index in [4.69, 9.17) is 23.7 Å². The summed E-state index contributed by atoms with van der Waals surface area (Å²) < 4.78 is 28.5. The lowest BCUT2D eigenvalue weighted by molar-refractivity contribution is -0.301. The second-order valence-electron chi connectivity index (χ2n) is 22.0. The number of carboxylic acid groups (broad SMARTS) is 1. The zero-order valence-corrected chi connectivity index (χ0v) is 51.3. The maximum atomic E-state index is 13.2. The van der Waals surface area contributed by atoms with E-state index in [2.05, 4.69) is 106 Å². The van der Waals surface area contributed by atoms with Crippen LogP contribution in [0.4, 0.5) is 0 Å². The molecule has 1 fully saturated rings. The highest BCUT2D eigenvalue weighted by Crippen LogP contribution is 2.27. The lowest BCUT2D eigenvalue weighted by Crippen LogP contribution is -2.61. The van der Waals surface area contributed by atoms with Crippen molar-refractivity contribution in [1.29, 1.82) is 0 Å². The van der Waals surface area contributed by atoms with Crippen molar-refractivity contribution in [3.8, 4) is 0 Å². The number of unbranched alkanes of at least 4 members (excludes halogenated alkanes) is 27. The Labute approximate surface area is 492 Å². The molecule has 3 N–H and O–H groups in total. The molecule has 0 bridgehead atoms. The first-order chi connectivity index (χ1) is 39.6. The fourth-order valence-corrected chi connectivity index (χ4v) is 9.44. The molecule has 0 aliphatic carbocycles. The van der Waals surface area contributed by atoms with Crippen LogP contribution in [-0.4, -0.2) is 89.2 Å². The molecule has 0 aromatic heterocycles. The molecule has 0 spiro atoms. The molecule has 0 aromatic carbocycles. The van der Waals surface area contributed by atoms with E-state index in [-0.39, 0.29) is 25.9 Å². The van der Waals surface area contributed by atoms with Crippen LogP contribution in [0.2, 0.25) is 0 Å². The van der Waals surface area contributed by atoms with Crippen molar-refractivity contribution >= 4 is 23.9 Å². The third kappa shape index (κ3) is 46.0. The Balaban J connectivity index is 2.66. The molecule has 81 heavy (non-hydrogen) atoms. The molecule has 1 rings (SSSR count). The van der Waals surface area contributed by atoms with Crippen LogP contribution in [0.25, 0.3) is 0 Å². The summed E-state index contributed by atoms with van der Waals surface area (Å²) >= 11 is 0. The normalized spacial score (nSPS) is 18.3. The van der Waals surface area contributed by atoms with Gasteiger partial charge in [-0.25, -0.2) is 4.79 Å². The van der Waals surface area contributed by atoms with Crippen molar-refractivity contribution < 1.29 is 58.2 Å². The van der Waals surface area contributed by atoms with Crippen LogP contribution in [-0.2, 0) is 42.9 Å². The van der Waals surface area contributed by atoms with E-state index < -0.39 is 67.3 Å². The van der Waals surface area contributed by atoms with Crippen LogP contribution < -0.4 is 0 Å². The Morgan fingerprint density at radius 1 is 0.420 bits per heavy atom. The third-order valence-electron chi connectivity index (χ3n) is 14.4. The van der Waals surface area contributed by atoms with Crippen LogP contribution in [0, 0.1) is 0 Å². The van der Waals surface area contributed by atoms with E-state index in [0.29, 0.717) is 19.3 Å². The molecule has 1 aliphatic rings. The maximum Gasteiger partial charge on any atom is 0.335 e. The van der Waals surface area contributed by atoms with E-state index in [1.54, 1.807) is 0 Å². The lowest BCUT2D eigenvalue weighted by Gasteiger charge is -2.40. The molecule has 464 valence electrons. The van der Waals surface area contributed by atoms with Crippen molar-refractivity contribution in [2.45, 2.75) is 314 Å². The Morgan fingerprint density at radius 3 is 1.19 bits per heavy atom. The SMILES string of the molecule is CC/C=C\C/C=C\C/C=C\CCCCCCCCCC(=O)OCC(COC1OC(C(=O)O)C(O)C(O)C1OC(=O)CCCCCCCCCCC/C=C\C/C=C\CCCCC)OC(=O)CCCCCCC/C=C\C/C=C\CCCCC. The van der Waals surface area contributed by atoms with Gasteiger partial charge in [0.25, 0.3) is 0 Å². The van der Waals surface area contributed by atoms with Crippen LogP contribution in [0.15, 0.2) is 85.1 Å². The lowest BCUT2D eigenvalue weighted by atomic mass is 9.98. The van der Waals surface area contributed by atoms with Crippen molar-refractivity contribution in [2.75, 3.05) is 13.2 Å². The summed E-state index contributed by atoms with van der Waals surface area (Å²) in [5.74, 6) is -3.15. The van der Waals surface area contributed by atoms with E-state index >= 15 is 0 Å². The molecule has 1 heterocycles. The van der Waals surface area contributed by atoms with Gasteiger partial charge in [0.1, 0.15) is 18.8 Å². The second kappa shape index (κ2) is 56.4. The molecule has 6 atom stereocenters. The molecule has 1 aliphatic heterocycles. The monoisotopic (exact) mass is 1140 g/mol. The highest BCUT2D eigenvalue weighted by atomic mass is 16.7.